The molecule has 1 aromatic carbocycles. The lowest BCUT2D eigenvalue weighted by Gasteiger charge is -2.28. The number of benzene rings is 1. The zero-order chi connectivity index (χ0) is 20.9. The molecule has 3 N–H and O–H groups in total. The van der Waals surface area contributed by atoms with Crippen LogP contribution in [-0.2, 0) is 6.42 Å². The van der Waals surface area contributed by atoms with E-state index in [1.807, 2.05) is 30.3 Å². The fourth-order valence-corrected chi connectivity index (χ4v) is 4.34. The van der Waals surface area contributed by atoms with Crippen LogP contribution in [0.25, 0.3) is 0 Å². The number of hydrogen-bond donors (Lipinski definition) is 3. The van der Waals surface area contributed by atoms with Crippen molar-refractivity contribution in [1.29, 1.82) is 0 Å². The largest absolute Gasteiger partial charge is 0.466 e. The third kappa shape index (κ3) is 5.45. The van der Waals surface area contributed by atoms with E-state index in [2.05, 4.69) is 20.3 Å². The van der Waals surface area contributed by atoms with E-state index in [9.17, 15) is 5.11 Å². The van der Waals surface area contributed by atoms with E-state index in [4.69, 9.17) is 27.9 Å². The molecule has 0 amide bonds. The summed E-state index contributed by atoms with van der Waals surface area (Å²) in [7, 11) is 0. The Hall–Kier alpha value is -2.28. The molecule has 0 spiro atoms. The zero-order valence-corrected chi connectivity index (χ0v) is 17.9. The second-order valence-electron chi connectivity index (χ2n) is 7.53. The smallest absolute Gasteiger partial charge is 0.215 e. The molecule has 1 aliphatic rings. The summed E-state index contributed by atoms with van der Waals surface area (Å²) in [6, 6.07) is 11.0. The highest BCUT2D eigenvalue weighted by Crippen LogP contribution is 2.27. The lowest BCUT2D eigenvalue weighted by molar-refractivity contribution is 0.116. The molecular formula is C22H24Cl2N4O2. The normalized spacial score (nSPS) is 20.0. The van der Waals surface area contributed by atoms with Crippen LogP contribution in [0.5, 0.6) is 5.88 Å². The number of hydrogen-bond acceptors (Lipinski definition) is 5. The molecule has 2 heterocycles. The van der Waals surface area contributed by atoms with Gasteiger partial charge in [0.1, 0.15) is 11.6 Å². The van der Waals surface area contributed by atoms with Crippen molar-refractivity contribution < 1.29 is 9.84 Å². The van der Waals surface area contributed by atoms with E-state index in [1.54, 1.807) is 18.5 Å². The van der Waals surface area contributed by atoms with Gasteiger partial charge in [-0.15, -0.1) is 0 Å². The van der Waals surface area contributed by atoms with Crippen LogP contribution in [0.15, 0.2) is 48.8 Å². The Balaban J connectivity index is 1.51. The Morgan fingerprint density at radius 1 is 1.17 bits per heavy atom. The third-order valence-corrected chi connectivity index (χ3v) is 5.65. The fraction of sp³-hybridized carbons (Fsp3) is 0.364. The molecular weight excluding hydrogens is 423 g/mol. The topological polar surface area (TPSA) is 83.1 Å². The van der Waals surface area contributed by atoms with Crippen LogP contribution in [0, 0.1) is 0 Å². The van der Waals surface area contributed by atoms with Crippen molar-refractivity contribution in [3.05, 3.63) is 70.2 Å². The molecule has 3 aromatic rings. The first-order chi connectivity index (χ1) is 14.6. The van der Waals surface area contributed by atoms with Crippen LogP contribution < -0.4 is 10.1 Å². The van der Waals surface area contributed by atoms with E-state index < -0.39 is 6.10 Å². The Bertz CT molecular complexity index is 947. The predicted octanol–water partition coefficient (Wildman–Crippen LogP) is 5.19. The van der Waals surface area contributed by atoms with Gasteiger partial charge in [-0.1, -0.05) is 42.1 Å². The van der Waals surface area contributed by atoms with Gasteiger partial charge in [-0.25, -0.2) is 4.98 Å². The quantitative estimate of drug-likeness (QED) is 0.464. The number of halogens is 2. The summed E-state index contributed by atoms with van der Waals surface area (Å²) in [6.07, 6.45) is 7.14. The van der Waals surface area contributed by atoms with Gasteiger partial charge in [0.15, 0.2) is 6.10 Å². The van der Waals surface area contributed by atoms with Crippen molar-refractivity contribution in [3.8, 4) is 5.88 Å². The van der Waals surface area contributed by atoms with Crippen LogP contribution in [-0.4, -0.2) is 32.2 Å². The van der Waals surface area contributed by atoms with Gasteiger partial charge in [0, 0.05) is 34.9 Å². The number of nitrogens with one attached hydrogen (secondary N) is 2. The molecule has 30 heavy (non-hydrogen) atoms. The SMILES string of the molecule is OC1CCCCC1Nc1cccc(OC(Cc2cc(Cl)cc(Cl)c2)c2ncc[nH]2)n1. The minimum Gasteiger partial charge on any atom is -0.466 e. The van der Waals surface area contributed by atoms with Gasteiger partial charge in [0.25, 0.3) is 0 Å². The minimum absolute atomic E-state index is 0.0102. The molecule has 0 saturated heterocycles. The van der Waals surface area contributed by atoms with E-state index in [-0.39, 0.29) is 12.1 Å². The maximum absolute atomic E-state index is 10.2. The second kappa shape index (κ2) is 9.69. The molecule has 6 nitrogen and oxygen atoms in total. The first-order valence-electron chi connectivity index (χ1n) is 10.1. The van der Waals surface area contributed by atoms with Gasteiger partial charge in [-0.3, -0.25) is 0 Å². The maximum atomic E-state index is 10.2. The third-order valence-electron chi connectivity index (χ3n) is 5.22. The molecule has 1 aliphatic carbocycles. The number of aliphatic hydroxyl groups is 1. The lowest BCUT2D eigenvalue weighted by Crippen LogP contribution is -2.36. The summed E-state index contributed by atoms with van der Waals surface area (Å²) in [5.41, 5.74) is 0.938. The number of anilines is 1. The molecule has 0 bridgehead atoms. The molecule has 158 valence electrons. The van der Waals surface area contributed by atoms with Crippen LogP contribution in [0.4, 0.5) is 5.82 Å². The van der Waals surface area contributed by atoms with Crippen molar-refractivity contribution in [2.24, 2.45) is 0 Å². The van der Waals surface area contributed by atoms with Crippen molar-refractivity contribution in [1.82, 2.24) is 15.0 Å². The average molecular weight is 447 g/mol. The first kappa shape index (κ1) is 21.0. The number of rotatable bonds is 7. The number of aromatic nitrogens is 3. The van der Waals surface area contributed by atoms with Gasteiger partial charge in [-0.2, -0.15) is 4.98 Å². The van der Waals surface area contributed by atoms with Crippen molar-refractivity contribution >= 4 is 29.0 Å². The highest BCUT2D eigenvalue weighted by atomic mass is 35.5. The fourth-order valence-electron chi connectivity index (χ4n) is 3.77. The Kier molecular flexibility index (Phi) is 6.77. The molecule has 3 unspecified atom stereocenters. The maximum Gasteiger partial charge on any atom is 0.215 e. The summed E-state index contributed by atoms with van der Waals surface area (Å²) in [4.78, 5) is 12.1. The van der Waals surface area contributed by atoms with E-state index in [0.29, 0.717) is 34.0 Å². The summed E-state index contributed by atoms with van der Waals surface area (Å²) < 4.78 is 6.21. The first-order valence-corrected chi connectivity index (χ1v) is 10.8. The second-order valence-corrected chi connectivity index (χ2v) is 8.40. The molecule has 2 aromatic heterocycles. The molecule has 1 saturated carbocycles. The minimum atomic E-state index is -0.391. The Morgan fingerprint density at radius 3 is 2.70 bits per heavy atom. The van der Waals surface area contributed by atoms with E-state index in [1.165, 1.54) is 0 Å². The lowest BCUT2D eigenvalue weighted by atomic mass is 9.92. The number of nitrogens with zero attached hydrogens (tertiary/aromatic N) is 2. The molecule has 0 radical (unpaired) electrons. The van der Waals surface area contributed by atoms with Crippen LogP contribution in [0.1, 0.15) is 43.2 Å². The van der Waals surface area contributed by atoms with Gasteiger partial charge >= 0.3 is 0 Å². The number of ether oxygens (including phenoxy) is 1. The Labute approximate surface area is 185 Å². The van der Waals surface area contributed by atoms with Crippen molar-refractivity contribution in [3.63, 3.8) is 0 Å². The molecule has 0 aliphatic heterocycles. The zero-order valence-electron chi connectivity index (χ0n) is 16.4. The average Bonchev–Trinajstić information content (AvgIpc) is 3.24. The highest BCUT2D eigenvalue weighted by Gasteiger charge is 2.23. The monoisotopic (exact) mass is 446 g/mol. The number of imidazole rings is 1. The molecule has 8 heteroatoms. The standard InChI is InChI=1S/C22H24Cl2N4O2/c23-15-10-14(11-16(24)13-15)12-19(22-25-8-9-26-22)30-21-7-3-6-20(28-21)27-17-4-1-2-5-18(17)29/h3,6-11,13,17-19,29H,1-2,4-5,12H2,(H,25,26)(H,27,28). The predicted molar refractivity (Wildman–Crippen MR) is 118 cm³/mol. The number of H-pyrrole nitrogens is 1. The summed E-state index contributed by atoms with van der Waals surface area (Å²) in [6.45, 7) is 0. The van der Waals surface area contributed by atoms with Crippen molar-refractivity contribution in [2.45, 2.75) is 50.4 Å². The summed E-state index contributed by atoms with van der Waals surface area (Å²) in [5.74, 6) is 1.84. The van der Waals surface area contributed by atoms with Crippen molar-refractivity contribution in [2.75, 3.05) is 5.32 Å². The molecule has 3 atom stereocenters. The highest BCUT2D eigenvalue weighted by molar-refractivity contribution is 6.34. The summed E-state index contributed by atoms with van der Waals surface area (Å²) in [5, 5.41) is 14.7. The number of aliphatic hydroxyl groups excluding tert-OH is 1. The van der Waals surface area contributed by atoms with Gasteiger partial charge < -0.3 is 20.1 Å². The molecule has 1 fully saturated rings. The molecule has 4 rings (SSSR count). The van der Waals surface area contributed by atoms with E-state index in [0.717, 1.165) is 31.2 Å². The Morgan fingerprint density at radius 2 is 1.97 bits per heavy atom. The van der Waals surface area contributed by atoms with Gasteiger partial charge in [-0.05, 0) is 42.7 Å². The number of aromatic amines is 1. The van der Waals surface area contributed by atoms with E-state index >= 15 is 0 Å². The van der Waals surface area contributed by atoms with Gasteiger partial charge in [0.05, 0.1) is 12.1 Å². The van der Waals surface area contributed by atoms with Crippen LogP contribution in [0.2, 0.25) is 10.0 Å². The number of pyridine rings is 1. The van der Waals surface area contributed by atoms with Gasteiger partial charge in [0.2, 0.25) is 5.88 Å². The summed E-state index contributed by atoms with van der Waals surface area (Å²) >= 11 is 12.3. The van der Waals surface area contributed by atoms with Crippen LogP contribution in [0.3, 0.4) is 0 Å². The van der Waals surface area contributed by atoms with Crippen LogP contribution >= 0.6 is 23.2 Å².